The summed E-state index contributed by atoms with van der Waals surface area (Å²) in [5, 5.41) is 7.63. The van der Waals surface area contributed by atoms with Crippen molar-refractivity contribution < 1.29 is 4.74 Å². The third-order valence-corrected chi connectivity index (χ3v) is 3.78. The molecule has 2 rings (SSSR count). The van der Waals surface area contributed by atoms with Crippen LogP contribution in [0.3, 0.4) is 0 Å². The summed E-state index contributed by atoms with van der Waals surface area (Å²) in [6.45, 7) is 3.04. The second kappa shape index (κ2) is 6.39. The summed E-state index contributed by atoms with van der Waals surface area (Å²) in [5.41, 5.74) is 0.375. The predicted octanol–water partition coefficient (Wildman–Crippen LogP) is 2.14. The molecule has 19 heavy (non-hydrogen) atoms. The fourth-order valence-electron chi connectivity index (χ4n) is 2.22. The van der Waals surface area contributed by atoms with E-state index in [0.717, 1.165) is 6.42 Å². The molecule has 0 amide bonds. The molecule has 1 aliphatic rings. The van der Waals surface area contributed by atoms with Crippen LogP contribution in [-0.2, 0) is 11.3 Å². The summed E-state index contributed by atoms with van der Waals surface area (Å²) < 4.78 is 6.25. The smallest absolute Gasteiger partial charge is 0.287 e. The quantitative estimate of drug-likeness (QED) is 0.834. The number of rotatable bonds is 7. The van der Waals surface area contributed by atoms with Crippen LogP contribution in [0.5, 0.6) is 0 Å². The van der Waals surface area contributed by atoms with Crippen LogP contribution in [0.2, 0.25) is 5.02 Å². The lowest BCUT2D eigenvalue weighted by Crippen LogP contribution is -2.26. The summed E-state index contributed by atoms with van der Waals surface area (Å²) in [7, 11) is 1.59. The Labute approximate surface area is 117 Å². The van der Waals surface area contributed by atoms with Crippen molar-refractivity contribution in [2.45, 2.75) is 38.8 Å². The van der Waals surface area contributed by atoms with Gasteiger partial charge in [-0.1, -0.05) is 24.9 Å². The Hall–Kier alpha value is -1.07. The van der Waals surface area contributed by atoms with Crippen molar-refractivity contribution in [1.29, 1.82) is 0 Å². The largest absolute Gasteiger partial charge is 0.383 e. The Balaban J connectivity index is 2.03. The predicted molar refractivity (Wildman–Crippen MR) is 75.8 cm³/mol. The normalized spacial score (nSPS) is 21.4. The number of ether oxygens (including phenoxy) is 1. The minimum atomic E-state index is -0.267. The number of nitrogens with zero attached hydrogens (tertiary/aromatic N) is 2. The van der Waals surface area contributed by atoms with Crippen LogP contribution in [0.15, 0.2) is 11.0 Å². The van der Waals surface area contributed by atoms with Crippen molar-refractivity contribution >= 4 is 17.3 Å². The van der Waals surface area contributed by atoms with Gasteiger partial charge >= 0.3 is 0 Å². The second-order valence-electron chi connectivity index (χ2n) is 4.93. The molecule has 1 heterocycles. The third-order valence-electron chi connectivity index (χ3n) is 3.42. The zero-order valence-corrected chi connectivity index (χ0v) is 12.1. The highest BCUT2D eigenvalue weighted by Gasteiger charge is 2.36. The van der Waals surface area contributed by atoms with Gasteiger partial charge in [-0.05, 0) is 18.8 Å². The first-order chi connectivity index (χ1) is 9.17. The van der Waals surface area contributed by atoms with Gasteiger partial charge in [0.1, 0.15) is 5.02 Å². The van der Waals surface area contributed by atoms with E-state index in [0.29, 0.717) is 30.8 Å². The maximum atomic E-state index is 12.0. The molecule has 0 aliphatic heterocycles. The van der Waals surface area contributed by atoms with Crippen LogP contribution in [-0.4, -0.2) is 29.5 Å². The molecule has 5 nitrogen and oxygen atoms in total. The molecule has 2 unspecified atom stereocenters. The van der Waals surface area contributed by atoms with E-state index >= 15 is 0 Å². The van der Waals surface area contributed by atoms with E-state index in [1.165, 1.54) is 17.5 Å². The zero-order valence-electron chi connectivity index (χ0n) is 11.4. The Morgan fingerprint density at radius 3 is 3.11 bits per heavy atom. The first kappa shape index (κ1) is 14.3. The molecule has 106 valence electrons. The molecule has 1 saturated carbocycles. The summed E-state index contributed by atoms with van der Waals surface area (Å²) in [6, 6.07) is 0.438. The topological polar surface area (TPSA) is 56.1 Å². The van der Waals surface area contributed by atoms with Crippen LogP contribution in [0.1, 0.15) is 26.2 Å². The Bertz CT molecular complexity index is 489. The first-order valence-corrected chi connectivity index (χ1v) is 7.06. The van der Waals surface area contributed by atoms with Crippen LogP contribution in [0.4, 0.5) is 5.69 Å². The molecule has 0 spiro atoms. The van der Waals surface area contributed by atoms with E-state index in [2.05, 4.69) is 17.3 Å². The highest BCUT2D eigenvalue weighted by Crippen LogP contribution is 2.37. The number of nitrogens with one attached hydrogen (secondary N) is 1. The molecular weight excluding hydrogens is 266 g/mol. The van der Waals surface area contributed by atoms with E-state index in [4.69, 9.17) is 16.3 Å². The summed E-state index contributed by atoms with van der Waals surface area (Å²) in [6.07, 6.45) is 5.18. The maximum Gasteiger partial charge on any atom is 0.287 e. The molecule has 1 aromatic heterocycles. The summed E-state index contributed by atoms with van der Waals surface area (Å²) in [5.74, 6) is 0.706. The van der Waals surface area contributed by atoms with E-state index < -0.39 is 0 Å². The molecule has 0 radical (unpaired) electrons. The fourth-order valence-corrected chi connectivity index (χ4v) is 2.42. The fraction of sp³-hybridized carbons (Fsp3) is 0.692. The van der Waals surface area contributed by atoms with Crippen LogP contribution < -0.4 is 10.9 Å². The number of halogens is 1. The van der Waals surface area contributed by atoms with Crippen LogP contribution in [0, 0.1) is 5.92 Å². The molecule has 2 atom stereocenters. The van der Waals surface area contributed by atoms with Gasteiger partial charge in [-0.15, -0.1) is 0 Å². The summed E-state index contributed by atoms with van der Waals surface area (Å²) in [4.78, 5) is 12.0. The Kier molecular flexibility index (Phi) is 4.82. The number of hydrogen-bond donors (Lipinski definition) is 1. The SMILES string of the molecule is CCCC1CC1Nc1cnn(CCOC)c(=O)c1Cl. The Morgan fingerprint density at radius 1 is 1.63 bits per heavy atom. The Morgan fingerprint density at radius 2 is 2.42 bits per heavy atom. The molecule has 0 saturated heterocycles. The van der Waals surface area contributed by atoms with Gasteiger partial charge < -0.3 is 10.1 Å². The van der Waals surface area contributed by atoms with Gasteiger partial charge in [0, 0.05) is 13.2 Å². The second-order valence-corrected chi connectivity index (χ2v) is 5.31. The zero-order chi connectivity index (χ0) is 13.8. The molecule has 1 aliphatic carbocycles. The van der Waals surface area contributed by atoms with Crippen molar-refractivity contribution in [2.75, 3.05) is 19.0 Å². The van der Waals surface area contributed by atoms with Crippen molar-refractivity contribution in [1.82, 2.24) is 9.78 Å². The van der Waals surface area contributed by atoms with E-state index in [-0.39, 0.29) is 10.6 Å². The van der Waals surface area contributed by atoms with Crippen molar-refractivity contribution in [3.63, 3.8) is 0 Å². The number of anilines is 1. The number of hydrogen-bond acceptors (Lipinski definition) is 4. The standard InChI is InChI=1S/C13H20ClN3O2/c1-3-4-9-7-10(9)16-11-8-15-17(5-6-19-2)13(18)12(11)14/h8-10,16H,3-7H2,1-2H3. The van der Waals surface area contributed by atoms with Gasteiger partial charge in [0.15, 0.2) is 0 Å². The van der Waals surface area contributed by atoms with Gasteiger partial charge in [-0.25, -0.2) is 4.68 Å². The highest BCUT2D eigenvalue weighted by atomic mass is 35.5. The van der Waals surface area contributed by atoms with E-state index in [1.54, 1.807) is 13.3 Å². The van der Waals surface area contributed by atoms with Gasteiger partial charge in [0.25, 0.3) is 5.56 Å². The van der Waals surface area contributed by atoms with Gasteiger partial charge in [0.2, 0.25) is 0 Å². The average Bonchev–Trinajstić information content (AvgIpc) is 3.13. The molecule has 1 fully saturated rings. The van der Waals surface area contributed by atoms with Crippen LogP contribution in [0.25, 0.3) is 0 Å². The van der Waals surface area contributed by atoms with E-state index in [1.807, 2.05) is 0 Å². The molecular formula is C13H20ClN3O2. The molecule has 1 N–H and O–H groups in total. The average molecular weight is 286 g/mol. The number of aromatic nitrogens is 2. The van der Waals surface area contributed by atoms with Crippen molar-refractivity contribution in [3.8, 4) is 0 Å². The summed E-state index contributed by atoms with van der Waals surface area (Å²) >= 11 is 6.10. The number of methoxy groups -OCH3 is 1. The van der Waals surface area contributed by atoms with Crippen molar-refractivity contribution in [3.05, 3.63) is 21.6 Å². The lowest BCUT2D eigenvalue weighted by molar-refractivity contribution is 0.182. The third kappa shape index (κ3) is 3.48. The molecule has 0 bridgehead atoms. The van der Waals surface area contributed by atoms with Crippen molar-refractivity contribution in [2.24, 2.45) is 5.92 Å². The highest BCUT2D eigenvalue weighted by molar-refractivity contribution is 6.32. The molecule has 6 heteroatoms. The molecule has 1 aromatic rings. The monoisotopic (exact) mass is 285 g/mol. The molecule has 0 aromatic carbocycles. The lowest BCUT2D eigenvalue weighted by Gasteiger charge is -2.09. The van der Waals surface area contributed by atoms with E-state index in [9.17, 15) is 4.79 Å². The first-order valence-electron chi connectivity index (χ1n) is 6.68. The van der Waals surface area contributed by atoms with Crippen LogP contribution >= 0.6 is 11.6 Å². The van der Waals surface area contributed by atoms with Gasteiger partial charge in [-0.3, -0.25) is 4.79 Å². The van der Waals surface area contributed by atoms with Gasteiger partial charge in [0.05, 0.1) is 25.0 Å². The maximum absolute atomic E-state index is 12.0. The minimum Gasteiger partial charge on any atom is -0.383 e. The van der Waals surface area contributed by atoms with Gasteiger partial charge in [-0.2, -0.15) is 5.10 Å². The minimum absolute atomic E-state index is 0.216. The lowest BCUT2D eigenvalue weighted by atomic mass is 10.2.